The molecule has 1 aliphatic heterocycles. The number of hydrogen-bond acceptors (Lipinski definition) is 3. The fraction of sp³-hybridized carbons (Fsp3) is 0.667. The summed E-state index contributed by atoms with van der Waals surface area (Å²) in [6.45, 7) is 4.24. The van der Waals surface area contributed by atoms with Crippen molar-refractivity contribution in [3.05, 3.63) is 29.8 Å². The van der Waals surface area contributed by atoms with Crippen LogP contribution in [0, 0.1) is 5.92 Å². The highest BCUT2D eigenvalue weighted by Crippen LogP contribution is 2.44. The Morgan fingerprint density at radius 1 is 1.16 bits per heavy atom. The van der Waals surface area contributed by atoms with Crippen LogP contribution < -0.4 is 0 Å². The summed E-state index contributed by atoms with van der Waals surface area (Å²) < 4.78 is 7.11. The summed E-state index contributed by atoms with van der Waals surface area (Å²) in [5.41, 5.74) is 0.501. The van der Waals surface area contributed by atoms with Gasteiger partial charge in [-0.2, -0.15) is 0 Å². The molecule has 4 heteroatoms. The van der Waals surface area contributed by atoms with Gasteiger partial charge in [-0.3, -0.25) is 4.79 Å². The Bertz CT molecular complexity index is 614. The SMILES string of the molecule is CC(C(=O)OC1CC[N+](C)(C)CC1)(c1cccc(S)c1)C1CCCC1. The second kappa shape index (κ2) is 7.32. The number of esters is 1. The average Bonchev–Trinajstić information content (AvgIpc) is 3.11. The third-order valence-electron chi connectivity index (χ3n) is 6.43. The Morgan fingerprint density at radius 2 is 1.80 bits per heavy atom. The van der Waals surface area contributed by atoms with E-state index in [1.165, 1.54) is 12.8 Å². The van der Waals surface area contributed by atoms with Crippen molar-refractivity contribution in [2.45, 2.75) is 61.9 Å². The number of carbonyl (C=O) groups excluding carboxylic acids is 1. The van der Waals surface area contributed by atoms with E-state index >= 15 is 0 Å². The standard InChI is InChI=1S/C21H31NO2S/c1-21(16-7-4-5-8-16,17-9-6-10-19(25)15-17)20(23)24-18-11-13-22(2,3)14-12-18/h6,9-10,15-16,18H,4-5,7-8,11-14H2,1-3H3/p+1. The quantitative estimate of drug-likeness (QED) is 0.493. The molecule has 1 unspecified atom stereocenters. The molecular formula is C21H32NO2S+. The van der Waals surface area contributed by atoms with E-state index in [1.807, 2.05) is 18.2 Å². The smallest absolute Gasteiger partial charge is 0.316 e. The van der Waals surface area contributed by atoms with E-state index in [0.717, 1.165) is 53.7 Å². The number of quaternary nitrogens is 1. The molecular weight excluding hydrogens is 330 g/mol. The number of thiol groups is 1. The Hall–Kier alpha value is -1.00. The second-order valence-corrected chi connectivity index (χ2v) is 9.24. The maximum atomic E-state index is 13.3. The lowest BCUT2D eigenvalue weighted by atomic mass is 9.71. The Morgan fingerprint density at radius 3 is 2.40 bits per heavy atom. The van der Waals surface area contributed by atoms with Gasteiger partial charge in [0, 0.05) is 17.7 Å². The largest absolute Gasteiger partial charge is 0.461 e. The van der Waals surface area contributed by atoms with Crippen LogP contribution in [-0.2, 0) is 14.9 Å². The van der Waals surface area contributed by atoms with Crippen LogP contribution in [0.15, 0.2) is 29.2 Å². The zero-order chi connectivity index (χ0) is 18.1. The zero-order valence-corrected chi connectivity index (χ0v) is 16.7. The zero-order valence-electron chi connectivity index (χ0n) is 15.8. The van der Waals surface area contributed by atoms with E-state index in [2.05, 4.69) is 39.7 Å². The van der Waals surface area contributed by atoms with Gasteiger partial charge in [-0.1, -0.05) is 25.0 Å². The molecule has 1 heterocycles. The lowest BCUT2D eigenvalue weighted by Gasteiger charge is -2.39. The molecule has 0 bridgehead atoms. The average molecular weight is 363 g/mol. The third kappa shape index (κ3) is 4.06. The van der Waals surface area contributed by atoms with Crippen molar-refractivity contribution in [1.29, 1.82) is 0 Å². The molecule has 1 aromatic carbocycles. The van der Waals surface area contributed by atoms with Crippen molar-refractivity contribution in [2.75, 3.05) is 27.2 Å². The van der Waals surface area contributed by atoms with Crippen LogP contribution in [0.25, 0.3) is 0 Å². The highest BCUT2D eigenvalue weighted by atomic mass is 32.1. The summed E-state index contributed by atoms with van der Waals surface area (Å²) in [6.07, 6.45) is 6.64. The summed E-state index contributed by atoms with van der Waals surface area (Å²) >= 11 is 4.49. The first-order valence-electron chi connectivity index (χ1n) is 9.64. The molecule has 1 atom stereocenters. The van der Waals surface area contributed by atoms with Crippen LogP contribution in [0.2, 0.25) is 0 Å². The Kier molecular flexibility index (Phi) is 5.50. The van der Waals surface area contributed by atoms with Crippen LogP contribution in [0.5, 0.6) is 0 Å². The van der Waals surface area contributed by atoms with E-state index in [0.29, 0.717) is 5.92 Å². The van der Waals surface area contributed by atoms with Gasteiger partial charge < -0.3 is 9.22 Å². The lowest BCUT2D eigenvalue weighted by molar-refractivity contribution is -0.896. The molecule has 25 heavy (non-hydrogen) atoms. The molecule has 0 amide bonds. The van der Waals surface area contributed by atoms with E-state index < -0.39 is 5.41 Å². The molecule has 1 saturated heterocycles. The number of benzene rings is 1. The van der Waals surface area contributed by atoms with Crippen LogP contribution in [-0.4, -0.2) is 43.7 Å². The van der Waals surface area contributed by atoms with E-state index in [9.17, 15) is 4.79 Å². The van der Waals surface area contributed by atoms with Gasteiger partial charge in [0.05, 0.1) is 32.6 Å². The minimum Gasteiger partial charge on any atom is -0.461 e. The first kappa shape index (κ1) is 18.8. The summed E-state index contributed by atoms with van der Waals surface area (Å²) in [4.78, 5) is 14.2. The molecule has 1 aromatic rings. The predicted octanol–water partition coefficient (Wildman–Crippen LogP) is 4.21. The monoisotopic (exact) mass is 362 g/mol. The Balaban J connectivity index is 1.81. The van der Waals surface area contributed by atoms with Gasteiger partial charge in [0.25, 0.3) is 0 Å². The van der Waals surface area contributed by atoms with E-state index in [1.54, 1.807) is 0 Å². The number of ether oxygens (including phenoxy) is 1. The molecule has 1 saturated carbocycles. The van der Waals surface area contributed by atoms with Crippen molar-refractivity contribution in [3.63, 3.8) is 0 Å². The van der Waals surface area contributed by atoms with Gasteiger partial charge >= 0.3 is 5.97 Å². The second-order valence-electron chi connectivity index (χ2n) is 8.72. The lowest BCUT2D eigenvalue weighted by Crippen LogP contribution is -2.50. The van der Waals surface area contributed by atoms with Gasteiger partial charge in [-0.05, 0) is 43.4 Å². The fourth-order valence-corrected chi connectivity index (χ4v) is 4.71. The maximum Gasteiger partial charge on any atom is 0.316 e. The summed E-state index contributed by atoms with van der Waals surface area (Å²) in [5.74, 6) is 0.335. The molecule has 2 fully saturated rings. The number of carbonyl (C=O) groups is 1. The maximum absolute atomic E-state index is 13.3. The van der Waals surface area contributed by atoms with Crippen LogP contribution in [0.3, 0.4) is 0 Å². The molecule has 3 nitrogen and oxygen atoms in total. The van der Waals surface area contributed by atoms with Crippen LogP contribution >= 0.6 is 12.6 Å². The first-order valence-corrected chi connectivity index (χ1v) is 10.1. The number of hydrogen-bond donors (Lipinski definition) is 1. The van der Waals surface area contributed by atoms with Crippen molar-refractivity contribution >= 4 is 18.6 Å². The molecule has 138 valence electrons. The van der Waals surface area contributed by atoms with Crippen molar-refractivity contribution < 1.29 is 14.0 Å². The topological polar surface area (TPSA) is 26.3 Å². The van der Waals surface area contributed by atoms with Gasteiger partial charge in [0.2, 0.25) is 0 Å². The molecule has 1 aliphatic carbocycles. The van der Waals surface area contributed by atoms with Gasteiger partial charge in [-0.15, -0.1) is 12.6 Å². The van der Waals surface area contributed by atoms with E-state index in [4.69, 9.17) is 4.74 Å². The molecule has 3 rings (SSSR count). The van der Waals surface area contributed by atoms with Gasteiger partial charge in [0.1, 0.15) is 6.10 Å². The molecule has 0 N–H and O–H groups in total. The minimum absolute atomic E-state index is 0.0319. The van der Waals surface area contributed by atoms with Crippen molar-refractivity contribution in [1.82, 2.24) is 0 Å². The number of rotatable bonds is 4. The highest BCUT2D eigenvalue weighted by molar-refractivity contribution is 7.80. The van der Waals surface area contributed by atoms with Crippen molar-refractivity contribution in [2.24, 2.45) is 5.92 Å². The molecule has 0 radical (unpaired) electrons. The third-order valence-corrected chi connectivity index (χ3v) is 6.71. The van der Waals surface area contributed by atoms with E-state index in [-0.39, 0.29) is 12.1 Å². The highest BCUT2D eigenvalue weighted by Gasteiger charge is 2.46. The number of nitrogens with zero attached hydrogens (tertiary/aromatic N) is 1. The minimum atomic E-state index is -0.558. The number of likely N-dealkylation sites (tertiary alicyclic amines) is 1. The molecule has 2 aliphatic rings. The fourth-order valence-electron chi connectivity index (χ4n) is 4.49. The van der Waals surface area contributed by atoms with Crippen molar-refractivity contribution in [3.8, 4) is 0 Å². The van der Waals surface area contributed by atoms with Crippen LogP contribution in [0.4, 0.5) is 0 Å². The normalized spacial score (nSPS) is 24.0. The predicted molar refractivity (Wildman–Crippen MR) is 104 cm³/mol. The summed E-state index contributed by atoms with van der Waals surface area (Å²) in [7, 11) is 4.50. The molecule has 0 aromatic heterocycles. The summed E-state index contributed by atoms with van der Waals surface area (Å²) in [6, 6.07) is 8.08. The number of piperidine rings is 1. The Labute approximate surface area is 157 Å². The van der Waals surface area contributed by atoms with Crippen LogP contribution in [0.1, 0.15) is 51.0 Å². The van der Waals surface area contributed by atoms with Gasteiger partial charge in [0.15, 0.2) is 0 Å². The summed E-state index contributed by atoms with van der Waals surface area (Å²) in [5, 5.41) is 0. The first-order chi connectivity index (χ1) is 11.8. The molecule has 0 spiro atoms. The van der Waals surface area contributed by atoms with Gasteiger partial charge in [-0.25, -0.2) is 0 Å².